The van der Waals surface area contributed by atoms with Gasteiger partial charge in [0.15, 0.2) is 11.3 Å². The Morgan fingerprint density at radius 1 is 1.38 bits per heavy atom. The zero-order valence-electron chi connectivity index (χ0n) is 10.4. The summed E-state index contributed by atoms with van der Waals surface area (Å²) < 4.78 is 5.26. The maximum atomic E-state index is 11.2. The number of rotatable bonds is 4. The van der Waals surface area contributed by atoms with Gasteiger partial charge >= 0.3 is 5.97 Å². The topological polar surface area (TPSA) is 126 Å². The van der Waals surface area contributed by atoms with Crippen molar-refractivity contribution in [3.8, 4) is 17.7 Å². The molecule has 1 aromatic carbocycles. The third kappa shape index (κ3) is 2.76. The molecule has 0 amide bonds. The number of carboxylic acid groups (broad SMARTS) is 1. The third-order valence-corrected chi connectivity index (χ3v) is 2.51. The predicted molar refractivity (Wildman–Crippen MR) is 69.1 cm³/mol. The largest absolute Gasteiger partial charge is 0.477 e. The normalized spacial score (nSPS) is 9.67. The van der Waals surface area contributed by atoms with Crippen molar-refractivity contribution in [3.63, 3.8) is 0 Å². The van der Waals surface area contributed by atoms with Crippen LogP contribution in [0.1, 0.15) is 15.9 Å². The maximum Gasteiger partial charge on any atom is 0.346 e. The van der Waals surface area contributed by atoms with Gasteiger partial charge in [-0.05, 0) is 18.2 Å². The van der Waals surface area contributed by atoms with Crippen LogP contribution in [-0.4, -0.2) is 21.0 Å². The van der Waals surface area contributed by atoms with E-state index < -0.39 is 22.1 Å². The van der Waals surface area contributed by atoms with Crippen molar-refractivity contribution in [3.05, 3.63) is 57.8 Å². The smallest absolute Gasteiger partial charge is 0.346 e. The van der Waals surface area contributed by atoms with Gasteiger partial charge in [0, 0.05) is 12.3 Å². The predicted octanol–water partition coefficient (Wildman–Crippen LogP) is 2.35. The van der Waals surface area contributed by atoms with Crippen molar-refractivity contribution in [1.29, 1.82) is 5.26 Å². The number of pyridine rings is 1. The number of ether oxygens (including phenoxy) is 1. The average Bonchev–Trinajstić information content (AvgIpc) is 2.47. The Hall–Kier alpha value is -3.47. The molecule has 0 unspecified atom stereocenters. The van der Waals surface area contributed by atoms with Crippen LogP contribution in [0.25, 0.3) is 0 Å². The monoisotopic (exact) mass is 285 g/mol. The summed E-state index contributed by atoms with van der Waals surface area (Å²) in [6.07, 6.45) is 1.36. The number of nitriles is 1. The van der Waals surface area contributed by atoms with Gasteiger partial charge in [-0.2, -0.15) is 5.26 Å². The van der Waals surface area contributed by atoms with E-state index in [1.165, 1.54) is 30.5 Å². The van der Waals surface area contributed by atoms with E-state index in [1.807, 2.05) is 6.07 Å². The molecule has 0 aliphatic heterocycles. The number of nitro benzene ring substituents is 1. The minimum absolute atomic E-state index is 0.0837. The van der Waals surface area contributed by atoms with E-state index in [4.69, 9.17) is 15.1 Å². The molecule has 8 nitrogen and oxygen atoms in total. The van der Waals surface area contributed by atoms with Gasteiger partial charge in [0.1, 0.15) is 11.6 Å². The summed E-state index contributed by atoms with van der Waals surface area (Å²) in [5, 5.41) is 28.9. The van der Waals surface area contributed by atoms with Gasteiger partial charge in [0.05, 0.1) is 4.92 Å². The highest BCUT2D eigenvalue weighted by molar-refractivity contribution is 5.95. The summed E-state index contributed by atoms with van der Waals surface area (Å²) in [6, 6.07) is 8.37. The lowest BCUT2D eigenvalue weighted by molar-refractivity contribution is -0.385. The van der Waals surface area contributed by atoms with Crippen LogP contribution in [0.3, 0.4) is 0 Å². The summed E-state index contributed by atoms with van der Waals surface area (Å²) in [7, 11) is 0. The molecule has 1 heterocycles. The molecular weight excluding hydrogens is 278 g/mol. The van der Waals surface area contributed by atoms with E-state index >= 15 is 0 Å². The molecule has 8 heteroatoms. The summed E-state index contributed by atoms with van der Waals surface area (Å²) in [4.78, 5) is 25.1. The van der Waals surface area contributed by atoms with Crippen LogP contribution in [0.4, 0.5) is 5.69 Å². The van der Waals surface area contributed by atoms with Gasteiger partial charge in [-0.1, -0.05) is 6.07 Å². The molecule has 0 bridgehead atoms. The number of carbonyl (C=O) groups is 1. The molecule has 0 aliphatic carbocycles. The van der Waals surface area contributed by atoms with Gasteiger partial charge < -0.3 is 9.84 Å². The number of nitro groups is 1. The standard InChI is InChI=1S/C13H7N3O5/c14-7-8-3-2-6-15-12(8)21-10-5-1-4-9(16(19)20)11(10)13(17)18/h1-6H,(H,17,18). The van der Waals surface area contributed by atoms with E-state index in [-0.39, 0.29) is 17.2 Å². The minimum atomic E-state index is -1.51. The number of benzene rings is 1. The van der Waals surface area contributed by atoms with Crippen LogP contribution in [0, 0.1) is 21.4 Å². The van der Waals surface area contributed by atoms with Crippen molar-refractivity contribution in [1.82, 2.24) is 4.98 Å². The van der Waals surface area contributed by atoms with E-state index in [2.05, 4.69) is 4.98 Å². The van der Waals surface area contributed by atoms with Crippen LogP contribution >= 0.6 is 0 Å². The Morgan fingerprint density at radius 3 is 2.76 bits per heavy atom. The number of aromatic nitrogens is 1. The number of hydrogen-bond donors (Lipinski definition) is 1. The Morgan fingerprint density at radius 2 is 2.14 bits per heavy atom. The van der Waals surface area contributed by atoms with Gasteiger partial charge in [-0.25, -0.2) is 9.78 Å². The minimum Gasteiger partial charge on any atom is -0.477 e. The van der Waals surface area contributed by atoms with E-state index in [9.17, 15) is 14.9 Å². The number of hydrogen-bond acceptors (Lipinski definition) is 6. The molecule has 0 fully saturated rings. The summed E-state index contributed by atoms with van der Waals surface area (Å²) in [5.74, 6) is -1.89. The lowest BCUT2D eigenvalue weighted by Gasteiger charge is -2.08. The zero-order chi connectivity index (χ0) is 15.4. The van der Waals surface area contributed by atoms with Gasteiger partial charge in [0.2, 0.25) is 5.88 Å². The Balaban J connectivity index is 2.55. The van der Waals surface area contributed by atoms with Gasteiger partial charge in [-0.3, -0.25) is 10.1 Å². The van der Waals surface area contributed by atoms with Crippen LogP contribution in [-0.2, 0) is 0 Å². The fraction of sp³-hybridized carbons (Fsp3) is 0. The molecular formula is C13H7N3O5. The van der Waals surface area contributed by atoms with Crippen LogP contribution in [0.5, 0.6) is 11.6 Å². The Kier molecular flexibility index (Phi) is 3.76. The van der Waals surface area contributed by atoms with E-state index in [0.717, 1.165) is 6.07 Å². The molecule has 0 aliphatic rings. The molecule has 104 valence electrons. The van der Waals surface area contributed by atoms with Gasteiger partial charge in [-0.15, -0.1) is 0 Å². The maximum absolute atomic E-state index is 11.2. The number of nitrogens with zero attached hydrogens (tertiary/aromatic N) is 3. The molecule has 0 spiro atoms. The molecule has 0 saturated carbocycles. The van der Waals surface area contributed by atoms with Crippen molar-refractivity contribution in [2.75, 3.05) is 0 Å². The summed E-state index contributed by atoms with van der Waals surface area (Å²) >= 11 is 0. The second-order valence-electron chi connectivity index (χ2n) is 3.78. The first-order chi connectivity index (χ1) is 10.0. The molecule has 0 atom stereocenters. The second kappa shape index (κ2) is 5.66. The first kappa shape index (κ1) is 14.0. The third-order valence-electron chi connectivity index (χ3n) is 2.51. The summed E-state index contributed by atoms with van der Waals surface area (Å²) in [6.45, 7) is 0. The molecule has 21 heavy (non-hydrogen) atoms. The lowest BCUT2D eigenvalue weighted by Crippen LogP contribution is -2.05. The molecule has 2 rings (SSSR count). The SMILES string of the molecule is N#Cc1cccnc1Oc1cccc([N+](=O)[O-])c1C(=O)O. The Bertz CT molecular complexity index is 767. The fourth-order valence-electron chi connectivity index (χ4n) is 1.63. The zero-order valence-corrected chi connectivity index (χ0v) is 10.4. The first-order valence-electron chi connectivity index (χ1n) is 5.58. The van der Waals surface area contributed by atoms with Crippen molar-refractivity contribution >= 4 is 11.7 Å². The average molecular weight is 285 g/mol. The number of carboxylic acids is 1. The van der Waals surface area contributed by atoms with E-state index in [0.29, 0.717) is 0 Å². The van der Waals surface area contributed by atoms with Crippen LogP contribution < -0.4 is 4.74 Å². The molecule has 0 radical (unpaired) electrons. The second-order valence-corrected chi connectivity index (χ2v) is 3.78. The van der Waals surface area contributed by atoms with E-state index in [1.54, 1.807) is 0 Å². The molecule has 2 aromatic rings. The van der Waals surface area contributed by atoms with Crippen LogP contribution in [0.15, 0.2) is 36.5 Å². The molecule has 0 saturated heterocycles. The highest BCUT2D eigenvalue weighted by Gasteiger charge is 2.25. The highest BCUT2D eigenvalue weighted by Crippen LogP contribution is 2.32. The Labute approximate surface area is 118 Å². The quantitative estimate of drug-likeness (QED) is 0.674. The number of aromatic carboxylic acids is 1. The van der Waals surface area contributed by atoms with Gasteiger partial charge in [0.25, 0.3) is 5.69 Å². The van der Waals surface area contributed by atoms with Crippen molar-refractivity contribution in [2.24, 2.45) is 0 Å². The molecule has 1 N–H and O–H groups in total. The molecule has 1 aromatic heterocycles. The van der Waals surface area contributed by atoms with Crippen LogP contribution in [0.2, 0.25) is 0 Å². The van der Waals surface area contributed by atoms with Crippen molar-refractivity contribution in [2.45, 2.75) is 0 Å². The highest BCUT2D eigenvalue weighted by atomic mass is 16.6. The first-order valence-corrected chi connectivity index (χ1v) is 5.58. The van der Waals surface area contributed by atoms with Crippen molar-refractivity contribution < 1.29 is 19.6 Å². The summed E-state index contributed by atoms with van der Waals surface area (Å²) in [5.41, 5.74) is -1.12. The lowest BCUT2D eigenvalue weighted by atomic mass is 10.1. The fourth-order valence-corrected chi connectivity index (χ4v) is 1.63.